The van der Waals surface area contributed by atoms with E-state index in [2.05, 4.69) is 11.4 Å². The van der Waals surface area contributed by atoms with Crippen molar-refractivity contribution >= 4 is 51.1 Å². The molecular formula is C20H13NO2S2. The number of nitrogens with one attached hydrogen (secondary N) is 1. The van der Waals surface area contributed by atoms with Gasteiger partial charge in [-0.15, -0.1) is 0 Å². The predicted octanol–water partition coefficient (Wildman–Crippen LogP) is 4.70. The van der Waals surface area contributed by atoms with Crippen molar-refractivity contribution in [1.82, 2.24) is 5.32 Å². The van der Waals surface area contributed by atoms with E-state index in [1.54, 1.807) is 12.1 Å². The number of aromatic hydroxyl groups is 1. The Bertz CT molecular complexity index is 1060. The smallest absolute Gasteiger partial charge is 0.263 e. The van der Waals surface area contributed by atoms with E-state index in [0.29, 0.717) is 9.23 Å². The van der Waals surface area contributed by atoms with Gasteiger partial charge in [0.2, 0.25) is 0 Å². The first kappa shape index (κ1) is 15.9. The second-order valence-corrected chi connectivity index (χ2v) is 7.44. The van der Waals surface area contributed by atoms with Crippen LogP contribution < -0.4 is 5.32 Å². The maximum Gasteiger partial charge on any atom is 0.263 e. The van der Waals surface area contributed by atoms with E-state index in [1.165, 1.54) is 11.8 Å². The fourth-order valence-electron chi connectivity index (χ4n) is 2.79. The van der Waals surface area contributed by atoms with Gasteiger partial charge in [-0.1, -0.05) is 60.4 Å². The number of amides is 1. The third kappa shape index (κ3) is 3.29. The lowest BCUT2D eigenvalue weighted by Crippen LogP contribution is -2.17. The number of benzene rings is 3. The molecule has 0 unspecified atom stereocenters. The number of hydrogen-bond acceptors (Lipinski definition) is 4. The first-order valence-corrected chi connectivity index (χ1v) is 8.89. The summed E-state index contributed by atoms with van der Waals surface area (Å²) in [6, 6.07) is 19.5. The molecule has 1 amide bonds. The number of fused-ring (bicyclic) bond motifs is 1. The topological polar surface area (TPSA) is 49.3 Å². The number of carbonyl (C=O) groups excluding carboxylic acids is 1. The summed E-state index contributed by atoms with van der Waals surface area (Å²) in [5.41, 5.74) is 3.10. The van der Waals surface area contributed by atoms with E-state index >= 15 is 0 Å². The van der Waals surface area contributed by atoms with E-state index in [1.807, 2.05) is 48.5 Å². The zero-order valence-electron chi connectivity index (χ0n) is 13.0. The number of phenolic OH excluding ortho intramolecular Hbond substituents is 1. The summed E-state index contributed by atoms with van der Waals surface area (Å²) in [7, 11) is 0. The summed E-state index contributed by atoms with van der Waals surface area (Å²) in [6.07, 6.45) is 1.85. The second kappa shape index (κ2) is 6.35. The van der Waals surface area contributed by atoms with Crippen LogP contribution in [0.1, 0.15) is 5.56 Å². The molecule has 122 valence electrons. The van der Waals surface area contributed by atoms with Gasteiger partial charge in [0.05, 0.1) is 4.91 Å². The van der Waals surface area contributed by atoms with Gasteiger partial charge in [-0.25, -0.2) is 0 Å². The highest BCUT2D eigenvalue weighted by atomic mass is 32.2. The molecule has 25 heavy (non-hydrogen) atoms. The Morgan fingerprint density at radius 1 is 0.960 bits per heavy atom. The lowest BCUT2D eigenvalue weighted by Gasteiger charge is -2.06. The van der Waals surface area contributed by atoms with Crippen molar-refractivity contribution in [3.63, 3.8) is 0 Å². The molecule has 5 heteroatoms. The fraction of sp³-hybridized carbons (Fsp3) is 0. The average molecular weight is 363 g/mol. The van der Waals surface area contributed by atoms with Gasteiger partial charge in [-0.05, 0) is 57.8 Å². The number of rotatable bonds is 2. The molecule has 2 N–H and O–H groups in total. The molecule has 0 bridgehead atoms. The molecule has 1 aliphatic rings. The van der Waals surface area contributed by atoms with Crippen molar-refractivity contribution in [1.29, 1.82) is 0 Å². The Morgan fingerprint density at radius 3 is 2.52 bits per heavy atom. The van der Waals surface area contributed by atoms with Crippen molar-refractivity contribution in [2.45, 2.75) is 0 Å². The summed E-state index contributed by atoms with van der Waals surface area (Å²) in [4.78, 5) is 12.4. The maximum absolute atomic E-state index is 11.8. The lowest BCUT2D eigenvalue weighted by molar-refractivity contribution is -0.115. The van der Waals surface area contributed by atoms with E-state index in [9.17, 15) is 9.90 Å². The van der Waals surface area contributed by atoms with Gasteiger partial charge in [0, 0.05) is 0 Å². The van der Waals surface area contributed by atoms with Gasteiger partial charge in [0.15, 0.2) is 0 Å². The summed E-state index contributed by atoms with van der Waals surface area (Å²) in [5, 5.41) is 14.3. The minimum absolute atomic E-state index is 0.147. The van der Waals surface area contributed by atoms with Gasteiger partial charge in [0.1, 0.15) is 10.1 Å². The highest BCUT2D eigenvalue weighted by molar-refractivity contribution is 8.26. The summed E-state index contributed by atoms with van der Waals surface area (Å²) >= 11 is 6.30. The average Bonchev–Trinajstić information content (AvgIpc) is 2.92. The van der Waals surface area contributed by atoms with Crippen LogP contribution in [0.2, 0.25) is 0 Å². The van der Waals surface area contributed by atoms with Crippen LogP contribution in [0.4, 0.5) is 0 Å². The Labute approximate surface area is 154 Å². The van der Waals surface area contributed by atoms with Crippen LogP contribution >= 0.6 is 24.0 Å². The molecule has 0 radical (unpaired) electrons. The van der Waals surface area contributed by atoms with Crippen LogP contribution in [0.3, 0.4) is 0 Å². The molecule has 1 aliphatic heterocycles. The molecule has 0 aliphatic carbocycles. The highest BCUT2D eigenvalue weighted by Gasteiger charge is 2.21. The molecule has 3 aromatic rings. The molecule has 1 saturated heterocycles. The standard InChI is InChI=1S/C20H13NO2S2/c22-17-7-6-15-10-14(4-5-16(15)11-17)13-3-1-2-12(8-13)9-18-19(23)21-20(24)25-18/h1-11,22H,(H,21,23,24)/b18-9-. The van der Waals surface area contributed by atoms with Crippen molar-refractivity contribution in [3.05, 3.63) is 71.1 Å². The van der Waals surface area contributed by atoms with Crippen molar-refractivity contribution in [2.24, 2.45) is 0 Å². The third-order valence-electron chi connectivity index (χ3n) is 3.98. The van der Waals surface area contributed by atoms with Crippen LogP contribution in [0.5, 0.6) is 5.75 Å². The first-order valence-electron chi connectivity index (χ1n) is 7.66. The quantitative estimate of drug-likeness (QED) is 0.512. The van der Waals surface area contributed by atoms with E-state index in [0.717, 1.165) is 27.5 Å². The third-order valence-corrected chi connectivity index (χ3v) is 5.15. The number of carbonyl (C=O) groups is 1. The lowest BCUT2D eigenvalue weighted by atomic mass is 9.99. The largest absolute Gasteiger partial charge is 0.508 e. The maximum atomic E-state index is 11.8. The fourth-order valence-corrected chi connectivity index (χ4v) is 3.84. The van der Waals surface area contributed by atoms with Crippen LogP contribution in [0, 0.1) is 0 Å². The summed E-state index contributed by atoms with van der Waals surface area (Å²) in [6.45, 7) is 0. The van der Waals surface area contributed by atoms with Gasteiger partial charge < -0.3 is 10.4 Å². The Kier molecular flexibility index (Phi) is 4.03. The molecule has 1 fully saturated rings. The Morgan fingerprint density at radius 2 is 1.72 bits per heavy atom. The summed E-state index contributed by atoms with van der Waals surface area (Å²) in [5.74, 6) is 0.116. The number of hydrogen-bond donors (Lipinski definition) is 2. The van der Waals surface area contributed by atoms with E-state index in [4.69, 9.17) is 12.2 Å². The number of thioether (sulfide) groups is 1. The predicted molar refractivity (Wildman–Crippen MR) is 107 cm³/mol. The summed E-state index contributed by atoms with van der Waals surface area (Å²) < 4.78 is 0.491. The van der Waals surface area contributed by atoms with Crippen molar-refractivity contribution < 1.29 is 9.90 Å². The highest BCUT2D eigenvalue weighted by Crippen LogP contribution is 2.29. The Hall–Kier alpha value is -2.63. The number of thiocarbonyl (C=S) groups is 1. The second-order valence-electron chi connectivity index (χ2n) is 5.72. The molecular weight excluding hydrogens is 350 g/mol. The number of phenols is 1. The molecule has 3 nitrogen and oxygen atoms in total. The molecule has 4 rings (SSSR count). The molecule has 0 atom stereocenters. The first-order chi connectivity index (χ1) is 12.1. The molecule has 3 aromatic carbocycles. The zero-order valence-corrected chi connectivity index (χ0v) is 14.7. The van der Waals surface area contributed by atoms with Gasteiger partial charge in [0.25, 0.3) is 5.91 Å². The van der Waals surface area contributed by atoms with E-state index < -0.39 is 0 Å². The normalized spacial score (nSPS) is 15.8. The monoisotopic (exact) mass is 363 g/mol. The van der Waals surface area contributed by atoms with Gasteiger partial charge >= 0.3 is 0 Å². The van der Waals surface area contributed by atoms with Crippen LogP contribution in [0.15, 0.2) is 65.6 Å². The molecule has 0 spiro atoms. The molecule has 0 aromatic heterocycles. The van der Waals surface area contributed by atoms with Crippen LogP contribution in [-0.2, 0) is 4.79 Å². The molecule has 0 saturated carbocycles. The Balaban J connectivity index is 1.72. The van der Waals surface area contributed by atoms with Crippen LogP contribution in [-0.4, -0.2) is 15.3 Å². The molecule has 1 heterocycles. The van der Waals surface area contributed by atoms with Gasteiger partial charge in [-0.3, -0.25) is 4.79 Å². The van der Waals surface area contributed by atoms with Crippen molar-refractivity contribution in [2.75, 3.05) is 0 Å². The SMILES string of the molecule is O=C1NC(=S)S/C1=C\c1cccc(-c2ccc3cc(O)ccc3c2)c1. The van der Waals surface area contributed by atoms with Crippen molar-refractivity contribution in [3.8, 4) is 16.9 Å². The minimum Gasteiger partial charge on any atom is -0.508 e. The van der Waals surface area contributed by atoms with E-state index in [-0.39, 0.29) is 11.7 Å². The van der Waals surface area contributed by atoms with Gasteiger partial charge in [-0.2, -0.15) is 0 Å². The van der Waals surface area contributed by atoms with Crippen LogP contribution in [0.25, 0.3) is 28.0 Å². The minimum atomic E-state index is -0.147. The zero-order chi connectivity index (χ0) is 17.4.